The van der Waals surface area contributed by atoms with Gasteiger partial charge in [0.25, 0.3) is 0 Å². The molecule has 0 saturated heterocycles. The fourth-order valence-corrected chi connectivity index (χ4v) is 7.41. The van der Waals surface area contributed by atoms with Gasteiger partial charge >= 0.3 is 0 Å². The zero-order valence-corrected chi connectivity index (χ0v) is 18.5. The largest absolute Gasteiger partial charge is 0.309 e. The van der Waals surface area contributed by atoms with E-state index in [1.807, 2.05) is 0 Å². The summed E-state index contributed by atoms with van der Waals surface area (Å²) >= 11 is 0. The van der Waals surface area contributed by atoms with E-state index in [1.54, 1.807) is 0 Å². The maximum Gasteiger partial charge on any atom is 0.0585 e. The number of allylic oxidation sites excluding steroid dienone is 4. The molecule has 3 atom stereocenters. The van der Waals surface area contributed by atoms with Crippen LogP contribution in [0.3, 0.4) is 0 Å². The van der Waals surface area contributed by atoms with Crippen molar-refractivity contribution in [3.8, 4) is 5.69 Å². The van der Waals surface area contributed by atoms with Gasteiger partial charge in [0.05, 0.1) is 22.1 Å². The quantitative estimate of drug-likeness (QED) is 0.245. The second kappa shape index (κ2) is 5.74. The Kier molecular flexibility index (Phi) is 3.08. The Balaban J connectivity index is 1.67. The molecule has 3 aliphatic rings. The highest BCUT2D eigenvalue weighted by Crippen LogP contribution is 2.65. The highest BCUT2D eigenvalue weighted by molar-refractivity contribution is 6.12. The Hall–Kier alpha value is -3.84. The topological polar surface area (TPSA) is 4.93 Å². The molecule has 4 aromatic carbocycles. The van der Waals surface area contributed by atoms with Crippen molar-refractivity contribution in [3.63, 3.8) is 0 Å². The SMILES string of the molecule is CC12C=CC=CC1C1(c3ccccc3-n3c4ccccc4c4cccc1c43)c1ccccc12. The predicted molar refractivity (Wildman–Crippen MR) is 136 cm³/mol. The Morgan fingerprint density at radius 2 is 1.33 bits per heavy atom. The summed E-state index contributed by atoms with van der Waals surface area (Å²) in [5.41, 5.74) is 9.42. The Morgan fingerprint density at radius 1 is 0.636 bits per heavy atom. The number of hydrogen-bond donors (Lipinski definition) is 0. The van der Waals surface area contributed by atoms with Crippen molar-refractivity contribution in [2.45, 2.75) is 17.8 Å². The fourth-order valence-electron chi connectivity index (χ4n) is 7.41. The molecule has 156 valence electrons. The first-order valence-corrected chi connectivity index (χ1v) is 11.8. The summed E-state index contributed by atoms with van der Waals surface area (Å²) in [6, 6.07) is 34.1. The molecule has 33 heavy (non-hydrogen) atoms. The lowest BCUT2D eigenvalue weighted by Crippen LogP contribution is -2.42. The minimum Gasteiger partial charge on any atom is -0.309 e. The van der Waals surface area contributed by atoms with Crippen molar-refractivity contribution in [2.75, 3.05) is 0 Å². The standard InChI is InChI=1S/C32H23N/c1-31-20-9-8-19-29(31)32(24-14-4-3-13-23(24)31)25-15-5-7-18-28(25)33-27-17-6-2-11-21(27)22-12-10-16-26(32)30(22)33/h2-20,29H,1H3. The summed E-state index contributed by atoms with van der Waals surface area (Å²) in [5, 5.41) is 2.67. The van der Waals surface area contributed by atoms with E-state index >= 15 is 0 Å². The van der Waals surface area contributed by atoms with Crippen LogP contribution in [0.5, 0.6) is 0 Å². The molecule has 0 N–H and O–H groups in total. The summed E-state index contributed by atoms with van der Waals surface area (Å²) in [6.45, 7) is 2.43. The van der Waals surface area contributed by atoms with Crippen LogP contribution in [-0.2, 0) is 10.8 Å². The van der Waals surface area contributed by atoms with Crippen LogP contribution in [0.25, 0.3) is 27.5 Å². The van der Waals surface area contributed by atoms with Crippen LogP contribution in [-0.4, -0.2) is 4.57 Å². The molecule has 0 saturated carbocycles. The van der Waals surface area contributed by atoms with Gasteiger partial charge in [-0.3, -0.25) is 0 Å². The number of benzene rings is 4. The summed E-state index contributed by atoms with van der Waals surface area (Å²) in [7, 11) is 0. The molecule has 1 heteroatoms. The van der Waals surface area contributed by atoms with E-state index in [1.165, 1.54) is 49.7 Å². The lowest BCUT2D eigenvalue weighted by Gasteiger charge is -2.45. The lowest BCUT2D eigenvalue weighted by molar-refractivity contribution is 0.365. The van der Waals surface area contributed by atoms with Crippen molar-refractivity contribution >= 4 is 21.8 Å². The molecule has 2 aliphatic carbocycles. The number of fused-ring (bicyclic) bond motifs is 12. The van der Waals surface area contributed by atoms with Crippen molar-refractivity contribution < 1.29 is 0 Å². The van der Waals surface area contributed by atoms with Gasteiger partial charge in [0.1, 0.15) is 0 Å². The van der Waals surface area contributed by atoms with Gasteiger partial charge in [-0.15, -0.1) is 0 Å². The number of rotatable bonds is 0. The third-order valence-electron chi connectivity index (χ3n) is 8.59. The third kappa shape index (κ3) is 1.81. The zero-order chi connectivity index (χ0) is 21.8. The van der Waals surface area contributed by atoms with Crippen LogP contribution < -0.4 is 0 Å². The van der Waals surface area contributed by atoms with Gasteiger partial charge in [-0.25, -0.2) is 0 Å². The maximum absolute atomic E-state index is 2.52. The molecule has 1 aromatic heterocycles. The van der Waals surface area contributed by atoms with Gasteiger partial charge in [0.2, 0.25) is 0 Å². The highest BCUT2D eigenvalue weighted by atomic mass is 15.0. The molecule has 8 rings (SSSR count). The van der Waals surface area contributed by atoms with Gasteiger partial charge in [0.15, 0.2) is 0 Å². The summed E-state index contributed by atoms with van der Waals surface area (Å²) < 4.78 is 2.52. The van der Waals surface area contributed by atoms with Gasteiger partial charge in [-0.1, -0.05) is 110 Å². The van der Waals surface area contributed by atoms with Crippen LogP contribution >= 0.6 is 0 Å². The summed E-state index contributed by atoms with van der Waals surface area (Å²) in [5.74, 6) is 0.311. The minimum absolute atomic E-state index is 0.0468. The Bertz CT molecular complexity index is 1700. The van der Waals surface area contributed by atoms with Crippen molar-refractivity contribution in [1.29, 1.82) is 0 Å². The van der Waals surface area contributed by atoms with Crippen molar-refractivity contribution in [3.05, 3.63) is 138 Å². The fraction of sp³-hybridized carbons (Fsp3) is 0.125. The molecular formula is C32H23N. The van der Waals surface area contributed by atoms with Gasteiger partial charge < -0.3 is 4.57 Å². The summed E-state index contributed by atoms with van der Waals surface area (Å²) in [4.78, 5) is 0. The van der Waals surface area contributed by atoms with Crippen LogP contribution in [0.1, 0.15) is 29.2 Å². The van der Waals surface area contributed by atoms with Gasteiger partial charge in [-0.2, -0.15) is 0 Å². The van der Waals surface area contributed by atoms with Gasteiger partial charge in [-0.05, 0) is 34.4 Å². The predicted octanol–water partition coefficient (Wildman–Crippen LogP) is 7.45. The van der Waals surface area contributed by atoms with Crippen LogP contribution in [0.15, 0.2) is 115 Å². The second-order valence-corrected chi connectivity index (χ2v) is 9.93. The minimum atomic E-state index is -0.229. The highest BCUT2D eigenvalue weighted by Gasteiger charge is 2.60. The molecule has 0 amide bonds. The normalized spacial score (nSPS) is 26.0. The number of para-hydroxylation sites is 3. The molecule has 5 aromatic rings. The van der Waals surface area contributed by atoms with Crippen molar-refractivity contribution in [2.24, 2.45) is 5.92 Å². The molecule has 1 spiro atoms. The zero-order valence-electron chi connectivity index (χ0n) is 18.5. The first-order valence-electron chi connectivity index (χ1n) is 11.8. The first-order chi connectivity index (χ1) is 16.3. The number of nitrogens with zero attached hydrogens (tertiary/aromatic N) is 1. The number of aromatic nitrogens is 1. The van der Waals surface area contributed by atoms with Crippen LogP contribution in [0.2, 0.25) is 0 Å². The van der Waals surface area contributed by atoms with Gasteiger partial charge in [0, 0.05) is 22.1 Å². The lowest BCUT2D eigenvalue weighted by atomic mass is 9.58. The van der Waals surface area contributed by atoms with E-state index in [0.717, 1.165) is 0 Å². The summed E-state index contributed by atoms with van der Waals surface area (Å²) in [6.07, 6.45) is 9.39. The second-order valence-electron chi connectivity index (χ2n) is 9.93. The van der Waals surface area contributed by atoms with E-state index in [0.29, 0.717) is 5.92 Å². The molecule has 0 fully saturated rings. The van der Waals surface area contributed by atoms with E-state index in [-0.39, 0.29) is 10.8 Å². The monoisotopic (exact) mass is 421 g/mol. The Labute approximate surface area is 193 Å². The average molecular weight is 422 g/mol. The molecule has 1 nitrogen and oxygen atoms in total. The molecule has 3 unspecified atom stereocenters. The number of hydrogen-bond acceptors (Lipinski definition) is 0. The molecule has 2 heterocycles. The molecule has 0 bridgehead atoms. The molecule has 1 aliphatic heterocycles. The maximum atomic E-state index is 2.52. The Morgan fingerprint density at radius 3 is 2.24 bits per heavy atom. The third-order valence-corrected chi connectivity index (χ3v) is 8.59. The van der Waals surface area contributed by atoms with Crippen molar-refractivity contribution in [1.82, 2.24) is 4.57 Å². The average Bonchev–Trinajstić information content (AvgIpc) is 3.32. The van der Waals surface area contributed by atoms with Crippen LogP contribution in [0.4, 0.5) is 0 Å². The van der Waals surface area contributed by atoms with Crippen LogP contribution in [0, 0.1) is 5.92 Å². The van der Waals surface area contributed by atoms with E-state index in [4.69, 9.17) is 0 Å². The van der Waals surface area contributed by atoms with E-state index < -0.39 is 0 Å². The van der Waals surface area contributed by atoms with E-state index in [9.17, 15) is 0 Å². The smallest absolute Gasteiger partial charge is 0.0585 e. The molecular weight excluding hydrogens is 398 g/mol. The molecule has 0 radical (unpaired) electrons. The van der Waals surface area contributed by atoms with E-state index in [2.05, 4.69) is 127 Å². The first kappa shape index (κ1) is 17.7.